The molecule has 0 amide bonds. The smallest absolute Gasteiger partial charge is 0.115 e. The zero-order chi connectivity index (χ0) is 12.5. The summed E-state index contributed by atoms with van der Waals surface area (Å²) in [6.45, 7) is 3.05. The summed E-state index contributed by atoms with van der Waals surface area (Å²) in [5.74, 6) is 0.360. The van der Waals surface area contributed by atoms with Gasteiger partial charge in [0.1, 0.15) is 5.75 Å². The highest BCUT2D eigenvalue weighted by atomic mass is 16.3. The molecule has 0 spiro atoms. The van der Waals surface area contributed by atoms with Crippen LogP contribution in [0.3, 0.4) is 0 Å². The number of hydrogen-bond acceptors (Lipinski definition) is 2. The van der Waals surface area contributed by atoms with Crippen molar-refractivity contribution in [3.8, 4) is 5.75 Å². The fourth-order valence-corrected chi connectivity index (χ4v) is 2.61. The van der Waals surface area contributed by atoms with Crippen LogP contribution < -0.4 is 5.32 Å². The number of nitrogens with one attached hydrogen (secondary N) is 1. The Morgan fingerprint density at radius 1 is 1.11 bits per heavy atom. The molecule has 3 rings (SSSR count). The number of phenols is 1. The SMILES string of the molecule is Cc1ccc(C2NCCc3cc(O)ccc32)cc1. The lowest BCUT2D eigenvalue weighted by molar-refractivity contribution is 0.471. The first-order valence-corrected chi connectivity index (χ1v) is 6.36. The topological polar surface area (TPSA) is 32.3 Å². The van der Waals surface area contributed by atoms with E-state index in [1.165, 1.54) is 22.3 Å². The van der Waals surface area contributed by atoms with Gasteiger partial charge in [0.2, 0.25) is 0 Å². The number of hydrogen-bond donors (Lipinski definition) is 2. The summed E-state index contributed by atoms with van der Waals surface area (Å²) in [6.07, 6.45) is 0.978. The van der Waals surface area contributed by atoms with Crippen molar-refractivity contribution < 1.29 is 5.11 Å². The standard InChI is InChI=1S/C16H17NO/c1-11-2-4-12(5-3-11)16-15-7-6-14(18)10-13(15)8-9-17-16/h2-7,10,16-18H,8-9H2,1H3. The van der Waals surface area contributed by atoms with E-state index in [2.05, 4.69) is 36.5 Å². The first-order valence-electron chi connectivity index (χ1n) is 6.36. The predicted molar refractivity (Wildman–Crippen MR) is 72.8 cm³/mol. The molecular weight excluding hydrogens is 222 g/mol. The summed E-state index contributed by atoms with van der Waals surface area (Å²) >= 11 is 0. The van der Waals surface area contributed by atoms with E-state index in [0.717, 1.165) is 13.0 Å². The van der Waals surface area contributed by atoms with E-state index < -0.39 is 0 Å². The van der Waals surface area contributed by atoms with Gasteiger partial charge in [-0.3, -0.25) is 0 Å². The largest absolute Gasteiger partial charge is 0.508 e. The van der Waals surface area contributed by atoms with Gasteiger partial charge in [0.25, 0.3) is 0 Å². The van der Waals surface area contributed by atoms with Gasteiger partial charge in [-0.15, -0.1) is 0 Å². The molecule has 0 aliphatic carbocycles. The number of aryl methyl sites for hydroxylation is 1. The number of phenolic OH excluding ortho intramolecular Hbond substituents is 1. The minimum Gasteiger partial charge on any atom is -0.508 e. The predicted octanol–water partition coefficient (Wildman–Crippen LogP) is 2.94. The highest BCUT2D eigenvalue weighted by Crippen LogP contribution is 2.30. The monoisotopic (exact) mass is 239 g/mol. The molecule has 1 aliphatic rings. The molecule has 0 aromatic heterocycles. The number of fused-ring (bicyclic) bond motifs is 1. The van der Waals surface area contributed by atoms with Crippen molar-refractivity contribution in [1.29, 1.82) is 0 Å². The average Bonchev–Trinajstić information content (AvgIpc) is 2.38. The Morgan fingerprint density at radius 2 is 1.89 bits per heavy atom. The number of rotatable bonds is 1. The first kappa shape index (κ1) is 11.3. The van der Waals surface area contributed by atoms with Gasteiger partial charge < -0.3 is 10.4 Å². The van der Waals surface area contributed by atoms with Crippen LogP contribution in [0, 0.1) is 6.92 Å². The van der Waals surface area contributed by atoms with Crippen LogP contribution in [0.5, 0.6) is 5.75 Å². The van der Waals surface area contributed by atoms with E-state index in [1.54, 1.807) is 6.07 Å². The molecule has 2 aromatic carbocycles. The van der Waals surface area contributed by atoms with E-state index in [1.807, 2.05) is 12.1 Å². The van der Waals surface area contributed by atoms with E-state index in [-0.39, 0.29) is 6.04 Å². The second kappa shape index (κ2) is 4.46. The number of aromatic hydroxyl groups is 1. The summed E-state index contributed by atoms with van der Waals surface area (Å²) in [6, 6.07) is 14.6. The third-order valence-electron chi connectivity index (χ3n) is 3.59. The Balaban J connectivity index is 2.03. The zero-order valence-corrected chi connectivity index (χ0v) is 10.5. The molecule has 18 heavy (non-hydrogen) atoms. The first-order chi connectivity index (χ1) is 8.74. The van der Waals surface area contributed by atoms with Crippen LogP contribution in [0.25, 0.3) is 0 Å². The van der Waals surface area contributed by atoms with Crippen molar-refractivity contribution in [2.75, 3.05) is 6.54 Å². The van der Waals surface area contributed by atoms with Crippen LogP contribution in [-0.4, -0.2) is 11.7 Å². The van der Waals surface area contributed by atoms with Gasteiger partial charge in [-0.05, 0) is 42.2 Å². The molecule has 0 fully saturated rings. The van der Waals surface area contributed by atoms with E-state index in [4.69, 9.17) is 0 Å². The van der Waals surface area contributed by atoms with E-state index >= 15 is 0 Å². The molecule has 0 saturated heterocycles. The highest BCUT2D eigenvalue weighted by molar-refractivity contribution is 5.43. The van der Waals surface area contributed by atoms with Crippen molar-refractivity contribution in [2.24, 2.45) is 0 Å². The molecule has 2 aromatic rings. The third-order valence-corrected chi connectivity index (χ3v) is 3.59. The lowest BCUT2D eigenvalue weighted by Crippen LogP contribution is -2.30. The van der Waals surface area contributed by atoms with Crippen LogP contribution in [0.1, 0.15) is 28.3 Å². The Morgan fingerprint density at radius 3 is 2.67 bits per heavy atom. The van der Waals surface area contributed by atoms with Crippen molar-refractivity contribution in [3.05, 3.63) is 64.7 Å². The fraction of sp³-hybridized carbons (Fsp3) is 0.250. The molecule has 1 unspecified atom stereocenters. The lowest BCUT2D eigenvalue weighted by Gasteiger charge is -2.27. The normalized spacial score (nSPS) is 18.4. The summed E-state index contributed by atoms with van der Waals surface area (Å²) in [7, 11) is 0. The van der Waals surface area contributed by atoms with Gasteiger partial charge in [-0.2, -0.15) is 0 Å². The van der Waals surface area contributed by atoms with Crippen molar-refractivity contribution in [1.82, 2.24) is 5.32 Å². The molecule has 2 heteroatoms. The molecule has 1 aliphatic heterocycles. The van der Waals surface area contributed by atoms with E-state index in [9.17, 15) is 5.11 Å². The minimum atomic E-state index is 0.245. The van der Waals surface area contributed by atoms with Crippen LogP contribution in [0.2, 0.25) is 0 Å². The van der Waals surface area contributed by atoms with Crippen molar-refractivity contribution >= 4 is 0 Å². The molecule has 1 heterocycles. The Labute approximate surface area is 107 Å². The average molecular weight is 239 g/mol. The van der Waals surface area contributed by atoms with Gasteiger partial charge in [0.05, 0.1) is 6.04 Å². The molecule has 92 valence electrons. The Hall–Kier alpha value is -1.80. The summed E-state index contributed by atoms with van der Waals surface area (Å²) in [5.41, 5.74) is 5.09. The maximum atomic E-state index is 9.56. The summed E-state index contributed by atoms with van der Waals surface area (Å²) in [4.78, 5) is 0. The van der Waals surface area contributed by atoms with Gasteiger partial charge in [0, 0.05) is 6.54 Å². The van der Waals surface area contributed by atoms with Crippen LogP contribution in [-0.2, 0) is 6.42 Å². The molecule has 2 N–H and O–H groups in total. The third kappa shape index (κ3) is 2.00. The molecular formula is C16H17NO. The zero-order valence-electron chi connectivity index (χ0n) is 10.5. The van der Waals surface area contributed by atoms with Gasteiger partial charge in [-0.25, -0.2) is 0 Å². The fourth-order valence-electron chi connectivity index (χ4n) is 2.61. The van der Waals surface area contributed by atoms with Crippen LogP contribution >= 0.6 is 0 Å². The summed E-state index contributed by atoms with van der Waals surface area (Å²) < 4.78 is 0. The van der Waals surface area contributed by atoms with Gasteiger partial charge >= 0.3 is 0 Å². The Kier molecular flexibility index (Phi) is 2.80. The van der Waals surface area contributed by atoms with Crippen LogP contribution in [0.15, 0.2) is 42.5 Å². The summed E-state index contributed by atoms with van der Waals surface area (Å²) in [5, 5.41) is 13.1. The van der Waals surface area contributed by atoms with Gasteiger partial charge in [-0.1, -0.05) is 35.9 Å². The molecule has 2 nitrogen and oxygen atoms in total. The highest BCUT2D eigenvalue weighted by Gasteiger charge is 2.21. The maximum Gasteiger partial charge on any atom is 0.115 e. The second-order valence-electron chi connectivity index (χ2n) is 4.93. The van der Waals surface area contributed by atoms with Gasteiger partial charge in [0.15, 0.2) is 0 Å². The Bertz CT molecular complexity index is 560. The minimum absolute atomic E-state index is 0.245. The molecule has 0 bridgehead atoms. The second-order valence-corrected chi connectivity index (χ2v) is 4.93. The molecule has 0 saturated carbocycles. The van der Waals surface area contributed by atoms with Crippen molar-refractivity contribution in [3.63, 3.8) is 0 Å². The quantitative estimate of drug-likeness (QED) is 0.802. The maximum absolute atomic E-state index is 9.56. The molecule has 1 atom stereocenters. The molecule has 0 radical (unpaired) electrons. The number of benzene rings is 2. The van der Waals surface area contributed by atoms with Crippen molar-refractivity contribution in [2.45, 2.75) is 19.4 Å². The van der Waals surface area contributed by atoms with E-state index in [0.29, 0.717) is 5.75 Å². The van der Waals surface area contributed by atoms with Crippen LogP contribution in [0.4, 0.5) is 0 Å². The lowest BCUT2D eigenvalue weighted by atomic mass is 9.89.